The highest BCUT2D eigenvalue weighted by atomic mass is 16.5. The van der Waals surface area contributed by atoms with Crippen molar-refractivity contribution in [2.45, 2.75) is 19.9 Å². The first kappa shape index (κ1) is 22.4. The van der Waals surface area contributed by atoms with E-state index in [2.05, 4.69) is 4.90 Å². The topological polar surface area (TPSA) is 90.3 Å². The number of nitrogens with zero attached hydrogens (tertiary/aromatic N) is 2. The van der Waals surface area contributed by atoms with Gasteiger partial charge in [0, 0.05) is 18.7 Å². The Balaban J connectivity index is 2.10. The number of carbonyl (C=O) groups is 2. The van der Waals surface area contributed by atoms with Gasteiger partial charge in [-0.2, -0.15) is 0 Å². The highest BCUT2D eigenvalue weighted by molar-refractivity contribution is 6.46. The van der Waals surface area contributed by atoms with Gasteiger partial charge in [0.1, 0.15) is 17.3 Å². The van der Waals surface area contributed by atoms with E-state index in [1.165, 1.54) is 24.1 Å². The fraction of sp³-hybridized carbons (Fsp3) is 0.333. The Morgan fingerprint density at radius 3 is 2.39 bits per heavy atom. The molecule has 0 bridgehead atoms. The van der Waals surface area contributed by atoms with Crippen LogP contribution in [0.2, 0.25) is 0 Å². The number of aliphatic hydroxyl groups excluding tert-OH is 1. The minimum absolute atomic E-state index is 0.0310. The Morgan fingerprint density at radius 2 is 1.77 bits per heavy atom. The predicted octanol–water partition coefficient (Wildman–Crippen LogP) is 3.16. The molecule has 1 aliphatic heterocycles. The lowest BCUT2D eigenvalue weighted by atomic mass is 9.95. The average Bonchev–Trinajstić information content (AvgIpc) is 3.04. The molecule has 164 valence electrons. The van der Waals surface area contributed by atoms with Gasteiger partial charge in [0.25, 0.3) is 11.7 Å². The number of phenolic OH excluding ortho intramolecular Hbond substituents is 1. The SMILES string of the molecule is CCN(CC)CCN1C(=O)C(=O)/C(=C(/O)c2cccc(OC)c2)C1c1ccc(O)cc1. The van der Waals surface area contributed by atoms with Gasteiger partial charge in [0.2, 0.25) is 0 Å². The van der Waals surface area contributed by atoms with Crippen LogP contribution in [0.3, 0.4) is 0 Å². The van der Waals surface area contributed by atoms with Crippen molar-refractivity contribution in [3.05, 3.63) is 65.2 Å². The standard InChI is InChI=1S/C24H28N2O5/c1-4-25(5-2)13-14-26-21(16-9-11-18(27)12-10-16)20(23(29)24(26)30)22(28)17-7-6-8-19(15-17)31-3/h6-12,15,21,27-28H,4-5,13-14H2,1-3H3/b22-20+. The van der Waals surface area contributed by atoms with Crippen LogP contribution in [0.4, 0.5) is 0 Å². The number of Topliss-reactive ketones (excluding diaryl/α,β-unsaturated/α-hetero) is 1. The predicted molar refractivity (Wildman–Crippen MR) is 118 cm³/mol. The molecule has 2 aromatic carbocycles. The molecule has 2 aromatic rings. The molecule has 0 radical (unpaired) electrons. The molecule has 0 aliphatic carbocycles. The van der Waals surface area contributed by atoms with Crippen LogP contribution in [-0.2, 0) is 9.59 Å². The third-order valence-corrected chi connectivity index (χ3v) is 5.64. The van der Waals surface area contributed by atoms with Gasteiger partial charge in [-0.25, -0.2) is 0 Å². The van der Waals surface area contributed by atoms with Crippen LogP contribution in [-0.4, -0.2) is 65.0 Å². The molecule has 0 aromatic heterocycles. The smallest absolute Gasteiger partial charge is 0.295 e. The molecule has 1 fully saturated rings. The van der Waals surface area contributed by atoms with Crippen LogP contribution >= 0.6 is 0 Å². The second-order valence-electron chi connectivity index (χ2n) is 7.34. The number of hydrogen-bond donors (Lipinski definition) is 2. The molecular weight excluding hydrogens is 396 g/mol. The molecule has 1 unspecified atom stereocenters. The normalized spacial score (nSPS) is 18.1. The van der Waals surface area contributed by atoms with Gasteiger partial charge in [-0.1, -0.05) is 38.1 Å². The second kappa shape index (κ2) is 9.66. The number of aliphatic hydroxyl groups is 1. The number of carbonyl (C=O) groups excluding carboxylic acids is 2. The maximum absolute atomic E-state index is 13.0. The van der Waals surface area contributed by atoms with E-state index in [9.17, 15) is 19.8 Å². The Bertz CT molecular complexity index is 980. The van der Waals surface area contributed by atoms with E-state index in [4.69, 9.17) is 4.74 Å². The number of hydrogen-bond acceptors (Lipinski definition) is 6. The van der Waals surface area contributed by atoms with Crippen LogP contribution in [0.15, 0.2) is 54.1 Å². The number of likely N-dealkylation sites (N-methyl/N-ethyl adjacent to an activating group) is 1. The molecule has 1 aliphatic rings. The van der Waals surface area contributed by atoms with E-state index in [1.807, 2.05) is 13.8 Å². The molecule has 3 rings (SSSR count). The number of methoxy groups -OCH3 is 1. The summed E-state index contributed by atoms with van der Waals surface area (Å²) in [4.78, 5) is 29.6. The maximum atomic E-state index is 13.0. The fourth-order valence-electron chi connectivity index (χ4n) is 3.83. The summed E-state index contributed by atoms with van der Waals surface area (Å²) in [6.45, 7) is 6.68. The average molecular weight is 424 g/mol. The first-order valence-electron chi connectivity index (χ1n) is 10.3. The molecule has 7 nitrogen and oxygen atoms in total. The summed E-state index contributed by atoms with van der Waals surface area (Å²) in [5.41, 5.74) is 1.06. The maximum Gasteiger partial charge on any atom is 0.295 e. The van der Waals surface area contributed by atoms with Crippen LogP contribution in [0.25, 0.3) is 5.76 Å². The summed E-state index contributed by atoms with van der Waals surface area (Å²) < 4.78 is 5.22. The van der Waals surface area contributed by atoms with Crippen molar-refractivity contribution in [2.75, 3.05) is 33.3 Å². The van der Waals surface area contributed by atoms with E-state index in [1.54, 1.807) is 36.4 Å². The van der Waals surface area contributed by atoms with Crippen molar-refractivity contribution in [1.82, 2.24) is 9.80 Å². The number of benzene rings is 2. The summed E-state index contributed by atoms with van der Waals surface area (Å²) in [5.74, 6) is -1.01. The van der Waals surface area contributed by atoms with Gasteiger partial charge in [-0.3, -0.25) is 9.59 Å². The van der Waals surface area contributed by atoms with Gasteiger partial charge in [-0.15, -0.1) is 0 Å². The van der Waals surface area contributed by atoms with E-state index < -0.39 is 17.7 Å². The second-order valence-corrected chi connectivity index (χ2v) is 7.34. The Kier molecular flexibility index (Phi) is 6.97. The van der Waals surface area contributed by atoms with Gasteiger partial charge in [-0.05, 0) is 42.9 Å². The van der Waals surface area contributed by atoms with Crippen LogP contribution in [0, 0.1) is 0 Å². The largest absolute Gasteiger partial charge is 0.508 e. The van der Waals surface area contributed by atoms with Crippen LogP contribution in [0.1, 0.15) is 31.0 Å². The zero-order valence-electron chi connectivity index (χ0n) is 18.0. The van der Waals surface area contributed by atoms with Crippen molar-refractivity contribution in [1.29, 1.82) is 0 Å². The summed E-state index contributed by atoms with van der Waals surface area (Å²) in [6.07, 6.45) is 0. The molecule has 1 saturated heterocycles. The number of amides is 1. The summed E-state index contributed by atoms with van der Waals surface area (Å²) >= 11 is 0. The molecular formula is C24H28N2O5. The zero-order valence-corrected chi connectivity index (χ0v) is 18.0. The first-order valence-corrected chi connectivity index (χ1v) is 10.3. The fourth-order valence-corrected chi connectivity index (χ4v) is 3.83. The summed E-state index contributed by atoms with van der Waals surface area (Å²) in [6, 6.07) is 12.3. The lowest BCUT2D eigenvalue weighted by Gasteiger charge is -2.28. The van der Waals surface area contributed by atoms with Crippen molar-refractivity contribution in [3.63, 3.8) is 0 Å². The first-order chi connectivity index (χ1) is 14.9. The van der Waals surface area contributed by atoms with Gasteiger partial charge in [0.15, 0.2) is 0 Å². The molecule has 1 heterocycles. The summed E-state index contributed by atoms with van der Waals surface area (Å²) in [5, 5.41) is 20.8. The number of ether oxygens (including phenoxy) is 1. The van der Waals surface area contributed by atoms with Crippen molar-refractivity contribution in [3.8, 4) is 11.5 Å². The third kappa shape index (κ3) is 4.56. The number of aromatic hydroxyl groups is 1. The number of ketones is 1. The van der Waals surface area contributed by atoms with Crippen molar-refractivity contribution in [2.24, 2.45) is 0 Å². The molecule has 0 spiro atoms. The van der Waals surface area contributed by atoms with E-state index in [0.29, 0.717) is 30.0 Å². The van der Waals surface area contributed by atoms with Crippen molar-refractivity contribution < 1.29 is 24.5 Å². The molecule has 1 atom stereocenters. The number of phenols is 1. The lowest BCUT2D eigenvalue weighted by molar-refractivity contribution is -0.140. The zero-order chi connectivity index (χ0) is 22.5. The molecule has 31 heavy (non-hydrogen) atoms. The Labute approximate surface area is 182 Å². The molecule has 0 saturated carbocycles. The monoisotopic (exact) mass is 424 g/mol. The quantitative estimate of drug-likeness (QED) is 0.384. The van der Waals surface area contributed by atoms with Crippen molar-refractivity contribution >= 4 is 17.4 Å². The van der Waals surface area contributed by atoms with Gasteiger partial charge < -0.3 is 24.7 Å². The molecule has 2 N–H and O–H groups in total. The van der Waals surface area contributed by atoms with Gasteiger partial charge >= 0.3 is 0 Å². The Morgan fingerprint density at radius 1 is 1.10 bits per heavy atom. The number of likely N-dealkylation sites (tertiary alicyclic amines) is 1. The minimum atomic E-state index is -0.748. The third-order valence-electron chi connectivity index (χ3n) is 5.64. The van der Waals surface area contributed by atoms with E-state index >= 15 is 0 Å². The molecule has 7 heteroatoms. The van der Waals surface area contributed by atoms with Crippen LogP contribution < -0.4 is 4.74 Å². The highest BCUT2D eigenvalue weighted by Gasteiger charge is 2.45. The highest BCUT2D eigenvalue weighted by Crippen LogP contribution is 2.40. The van der Waals surface area contributed by atoms with Crippen LogP contribution in [0.5, 0.6) is 11.5 Å². The Hall–Kier alpha value is -3.32. The number of rotatable bonds is 8. The van der Waals surface area contributed by atoms with Gasteiger partial charge in [0.05, 0.1) is 18.7 Å². The van der Waals surface area contributed by atoms with E-state index in [0.717, 1.165) is 13.1 Å². The summed E-state index contributed by atoms with van der Waals surface area (Å²) in [7, 11) is 1.52. The minimum Gasteiger partial charge on any atom is -0.508 e. The molecule has 1 amide bonds. The van der Waals surface area contributed by atoms with E-state index in [-0.39, 0.29) is 17.1 Å². The lowest BCUT2D eigenvalue weighted by Crippen LogP contribution is -2.38.